The Balaban J connectivity index is 1.26. The van der Waals surface area contributed by atoms with Crippen LogP contribution in [0.5, 0.6) is 0 Å². The minimum absolute atomic E-state index is 0.321. The number of aromatic nitrogens is 5. The van der Waals surface area contributed by atoms with E-state index in [9.17, 15) is 9.18 Å². The van der Waals surface area contributed by atoms with Gasteiger partial charge >= 0.3 is 0 Å². The highest BCUT2D eigenvalue weighted by molar-refractivity contribution is 6.04. The van der Waals surface area contributed by atoms with Gasteiger partial charge in [0.2, 0.25) is 5.95 Å². The number of ether oxygens (including phenoxy) is 1. The average molecular weight is 532 g/mol. The second-order valence-corrected chi connectivity index (χ2v) is 9.08. The van der Waals surface area contributed by atoms with E-state index in [0.29, 0.717) is 34.4 Å². The smallest absolute Gasteiger partial charge is 0.255 e. The van der Waals surface area contributed by atoms with Gasteiger partial charge in [0, 0.05) is 49.2 Å². The molecule has 0 bridgehead atoms. The molecule has 0 aliphatic carbocycles. The van der Waals surface area contributed by atoms with E-state index in [0.717, 1.165) is 50.6 Å². The normalized spacial score (nSPS) is 13.7. The summed E-state index contributed by atoms with van der Waals surface area (Å²) in [6.45, 7) is 6.36. The maximum absolute atomic E-state index is 13.0. The summed E-state index contributed by atoms with van der Waals surface area (Å²) in [7, 11) is 0. The van der Waals surface area contributed by atoms with Gasteiger partial charge in [-0.2, -0.15) is 14.8 Å². The predicted octanol–water partition coefficient (Wildman–Crippen LogP) is 3.58. The summed E-state index contributed by atoms with van der Waals surface area (Å²) in [4.78, 5) is 28.1. The van der Waals surface area contributed by atoms with Crippen LogP contribution in [0.15, 0.2) is 61.2 Å². The van der Waals surface area contributed by atoms with Crippen molar-refractivity contribution >= 4 is 29.0 Å². The van der Waals surface area contributed by atoms with Gasteiger partial charge in [-0.15, -0.1) is 0 Å². The molecule has 5 rings (SSSR count). The largest absolute Gasteiger partial charge is 0.379 e. The summed E-state index contributed by atoms with van der Waals surface area (Å²) in [5.74, 6) is 1.37. The molecule has 3 N–H and O–H groups in total. The Labute approximate surface area is 225 Å². The van der Waals surface area contributed by atoms with E-state index in [2.05, 4.69) is 40.9 Å². The number of anilines is 4. The fourth-order valence-electron chi connectivity index (χ4n) is 4.17. The average Bonchev–Trinajstić information content (AvgIpc) is 3.44. The first-order chi connectivity index (χ1) is 19.1. The highest BCUT2D eigenvalue weighted by Gasteiger charge is 2.14. The molecule has 1 fully saturated rings. The number of alkyl halides is 1. The monoisotopic (exact) mass is 531 g/mol. The van der Waals surface area contributed by atoms with Crippen LogP contribution >= 0.6 is 0 Å². The quantitative estimate of drug-likeness (QED) is 0.282. The van der Waals surface area contributed by atoms with Crippen LogP contribution in [0.3, 0.4) is 0 Å². The van der Waals surface area contributed by atoms with Gasteiger partial charge in [-0.1, -0.05) is 18.2 Å². The predicted molar refractivity (Wildman–Crippen MR) is 146 cm³/mol. The molecule has 0 saturated carbocycles. The second-order valence-electron chi connectivity index (χ2n) is 9.08. The number of aryl methyl sites for hydroxylation is 1. The van der Waals surface area contributed by atoms with Crippen LogP contribution < -0.4 is 16.0 Å². The number of amides is 1. The van der Waals surface area contributed by atoms with E-state index in [1.54, 1.807) is 35.0 Å². The van der Waals surface area contributed by atoms with Gasteiger partial charge in [-0.25, -0.2) is 14.4 Å². The summed E-state index contributed by atoms with van der Waals surface area (Å²) in [6.07, 6.45) is 2.92. The lowest BCUT2D eigenvalue weighted by Crippen LogP contribution is -2.39. The number of nitrogens with one attached hydrogen (secondary N) is 3. The minimum atomic E-state index is -0.626. The molecule has 3 heterocycles. The first kappa shape index (κ1) is 26.2. The third-order valence-electron chi connectivity index (χ3n) is 6.34. The molecular weight excluding hydrogens is 501 g/mol. The molecule has 1 saturated heterocycles. The van der Waals surface area contributed by atoms with Crippen LogP contribution in [0.25, 0.3) is 5.82 Å². The molecule has 4 aromatic rings. The third-order valence-corrected chi connectivity index (χ3v) is 6.34. The summed E-state index contributed by atoms with van der Waals surface area (Å²) in [5, 5.41) is 13.8. The highest BCUT2D eigenvalue weighted by Crippen LogP contribution is 2.25. The van der Waals surface area contributed by atoms with Crippen molar-refractivity contribution in [2.24, 2.45) is 0 Å². The molecule has 1 aliphatic rings. The van der Waals surface area contributed by atoms with Crippen molar-refractivity contribution < 1.29 is 13.9 Å². The van der Waals surface area contributed by atoms with Crippen LogP contribution in [-0.4, -0.2) is 74.9 Å². The molecule has 0 unspecified atom stereocenters. The second kappa shape index (κ2) is 12.4. The lowest BCUT2D eigenvalue weighted by molar-refractivity contribution is 0.0398. The number of hydrogen-bond donors (Lipinski definition) is 3. The summed E-state index contributed by atoms with van der Waals surface area (Å²) in [6, 6.07) is 13.8. The van der Waals surface area contributed by atoms with Crippen molar-refractivity contribution in [1.82, 2.24) is 29.6 Å². The SMILES string of the molecule is Cc1ccc(NC(=O)c2cccc(CF)c2)cc1Nc1ncnn1-c1cc(NCCN2CCOCC2)ncn1. The van der Waals surface area contributed by atoms with Gasteiger partial charge in [0.05, 0.1) is 13.2 Å². The standard InChI is InChI=1S/C27H30FN9O2/c1-19-5-6-22(34-26(38)21-4-2-3-20(13-21)16-28)14-23(19)35-27-32-18-33-37(27)25-15-24(30-17-31-25)29-7-8-36-9-11-39-12-10-36/h2-6,13-15,17-18H,7-12,16H2,1H3,(H,34,38)(H,29,30,31)(H,32,33,35). The Hall–Kier alpha value is -4.42. The summed E-state index contributed by atoms with van der Waals surface area (Å²) < 4.78 is 20.0. The fourth-order valence-corrected chi connectivity index (χ4v) is 4.17. The first-order valence-corrected chi connectivity index (χ1v) is 12.7. The maximum Gasteiger partial charge on any atom is 0.255 e. The van der Waals surface area contributed by atoms with E-state index in [-0.39, 0.29) is 5.91 Å². The van der Waals surface area contributed by atoms with Crippen molar-refractivity contribution in [3.63, 3.8) is 0 Å². The summed E-state index contributed by atoms with van der Waals surface area (Å²) >= 11 is 0. The zero-order valence-electron chi connectivity index (χ0n) is 21.6. The molecule has 11 nitrogen and oxygen atoms in total. The van der Waals surface area contributed by atoms with E-state index in [1.165, 1.54) is 12.7 Å². The van der Waals surface area contributed by atoms with Crippen LogP contribution in [0.4, 0.5) is 27.5 Å². The van der Waals surface area contributed by atoms with E-state index >= 15 is 0 Å². The zero-order valence-corrected chi connectivity index (χ0v) is 21.6. The number of nitrogens with zero attached hydrogens (tertiary/aromatic N) is 6. The number of hydrogen-bond acceptors (Lipinski definition) is 9. The minimum Gasteiger partial charge on any atom is -0.379 e. The van der Waals surface area contributed by atoms with E-state index in [4.69, 9.17) is 4.74 Å². The van der Waals surface area contributed by atoms with Crippen molar-refractivity contribution in [3.8, 4) is 5.82 Å². The molecule has 0 radical (unpaired) electrons. The third kappa shape index (κ3) is 6.72. The van der Waals surface area contributed by atoms with Crippen molar-refractivity contribution in [2.45, 2.75) is 13.6 Å². The molecule has 0 spiro atoms. The van der Waals surface area contributed by atoms with Crippen LogP contribution in [0, 0.1) is 6.92 Å². The lowest BCUT2D eigenvalue weighted by Gasteiger charge is -2.26. The van der Waals surface area contributed by atoms with Gasteiger partial charge in [-0.3, -0.25) is 9.69 Å². The van der Waals surface area contributed by atoms with Gasteiger partial charge in [0.1, 0.15) is 25.1 Å². The molecule has 12 heteroatoms. The van der Waals surface area contributed by atoms with Gasteiger partial charge in [-0.05, 0) is 42.3 Å². The van der Waals surface area contributed by atoms with Crippen molar-refractivity contribution in [1.29, 1.82) is 0 Å². The van der Waals surface area contributed by atoms with Gasteiger partial charge < -0.3 is 20.7 Å². The Morgan fingerprint density at radius 2 is 1.92 bits per heavy atom. The zero-order chi connectivity index (χ0) is 27.0. The highest BCUT2D eigenvalue weighted by atomic mass is 19.1. The van der Waals surface area contributed by atoms with Crippen molar-refractivity contribution in [3.05, 3.63) is 77.9 Å². The molecular formula is C27H30FN9O2. The number of rotatable bonds is 10. The van der Waals surface area contributed by atoms with E-state index in [1.807, 2.05) is 25.1 Å². The van der Waals surface area contributed by atoms with E-state index < -0.39 is 6.67 Å². The number of morpholine rings is 1. The van der Waals surface area contributed by atoms with Gasteiger partial charge in [0.25, 0.3) is 5.91 Å². The van der Waals surface area contributed by atoms with Crippen LogP contribution in [0.2, 0.25) is 0 Å². The molecule has 2 aromatic heterocycles. The number of carbonyl (C=O) groups excluding carboxylic acids is 1. The van der Waals surface area contributed by atoms with Crippen LogP contribution in [-0.2, 0) is 11.4 Å². The maximum atomic E-state index is 13.0. The number of halogens is 1. The first-order valence-electron chi connectivity index (χ1n) is 12.7. The van der Waals surface area contributed by atoms with Crippen LogP contribution in [0.1, 0.15) is 21.5 Å². The Bertz CT molecular complexity index is 1420. The molecule has 2 aromatic carbocycles. The molecule has 202 valence electrons. The fraction of sp³-hybridized carbons (Fsp3) is 0.296. The summed E-state index contributed by atoms with van der Waals surface area (Å²) in [5.41, 5.74) is 3.10. The lowest BCUT2D eigenvalue weighted by atomic mass is 10.1. The number of benzene rings is 2. The molecule has 39 heavy (non-hydrogen) atoms. The Morgan fingerprint density at radius 1 is 1.05 bits per heavy atom. The Kier molecular flexibility index (Phi) is 8.34. The molecule has 1 aliphatic heterocycles. The van der Waals surface area contributed by atoms with Crippen molar-refractivity contribution in [2.75, 3.05) is 55.3 Å². The Morgan fingerprint density at radius 3 is 2.77 bits per heavy atom. The number of carbonyl (C=O) groups is 1. The molecule has 0 atom stereocenters. The topological polar surface area (TPSA) is 122 Å². The molecule has 1 amide bonds. The van der Waals surface area contributed by atoms with Gasteiger partial charge in [0.15, 0.2) is 5.82 Å².